The molecule has 2 aliphatic heterocycles. The predicted octanol–water partition coefficient (Wildman–Crippen LogP) is 5.78. The Morgan fingerprint density at radius 3 is 1.74 bits per heavy atom. The third-order valence-electron chi connectivity index (χ3n) is 5.00. The fourth-order valence-corrected chi connectivity index (χ4v) is 10.2. The van der Waals surface area contributed by atoms with E-state index in [0.29, 0.717) is 26.4 Å². The van der Waals surface area contributed by atoms with Crippen LogP contribution in [-0.2, 0) is 0 Å². The summed E-state index contributed by atoms with van der Waals surface area (Å²) in [5.41, 5.74) is 0. The van der Waals surface area contributed by atoms with Crippen LogP contribution in [0.1, 0.15) is 34.6 Å². The summed E-state index contributed by atoms with van der Waals surface area (Å²) in [5.74, 6) is 3.85. The van der Waals surface area contributed by atoms with Crippen molar-refractivity contribution in [2.24, 2.45) is 0 Å². The number of hydrogen-bond acceptors (Lipinski definition) is 6. The van der Waals surface area contributed by atoms with Gasteiger partial charge in [0.1, 0.15) is 34.5 Å². The minimum absolute atomic E-state index is 0.684. The Hall–Kier alpha value is -1.18. The van der Waals surface area contributed by atoms with Gasteiger partial charge in [-0.1, -0.05) is 52.8 Å². The van der Waals surface area contributed by atoms with E-state index >= 15 is 0 Å². The maximum absolute atomic E-state index is 5.83. The van der Waals surface area contributed by atoms with Crippen LogP contribution in [0, 0.1) is 0 Å². The second-order valence-electron chi connectivity index (χ2n) is 6.09. The molecule has 7 heteroatoms. The Morgan fingerprint density at radius 2 is 1.22 bits per heavy atom. The molecule has 2 aliphatic rings. The monoisotopic (exact) mass is 428 g/mol. The molecule has 0 amide bonds. The first kappa shape index (κ1) is 22.1. The van der Waals surface area contributed by atoms with Crippen LogP contribution < -0.4 is 23.4 Å². The second kappa shape index (κ2) is 11.0. The quantitative estimate of drug-likeness (QED) is 0.578. The number of thiophene rings is 2. The molecular formula is C20H32O4S2Si. The third kappa shape index (κ3) is 5.00. The fraction of sp³-hybridized carbons (Fsp3) is 0.600. The average molecular weight is 429 g/mol. The summed E-state index contributed by atoms with van der Waals surface area (Å²) >= 11 is 3.46. The summed E-state index contributed by atoms with van der Waals surface area (Å²) in [6.07, 6.45) is 0. The lowest BCUT2D eigenvalue weighted by Crippen LogP contribution is -2.45. The van der Waals surface area contributed by atoms with Crippen LogP contribution in [-0.4, -0.2) is 34.5 Å². The molecule has 0 saturated heterocycles. The maximum atomic E-state index is 5.83. The molecule has 4 heterocycles. The minimum Gasteiger partial charge on any atom is -0.485 e. The Bertz CT molecular complexity index is 651. The number of ether oxygens (including phenoxy) is 4. The molecule has 0 aromatic carbocycles. The van der Waals surface area contributed by atoms with Crippen molar-refractivity contribution in [2.75, 3.05) is 26.4 Å². The first-order chi connectivity index (χ1) is 13.2. The van der Waals surface area contributed by atoms with Gasteiger partial charge in [-0.2, -0.15) is 0 Å². The second-order valence-corrected chi connectivity index (χ2v) is 13.3. The molecular weight excluding hydrogens is 396 g/mol. The van der Waals surface area contributed by atoms with Crippen molar-refractivity contribution in [1.82, 2.24) is 0 Å². The van der Waals surface area contributed by atoms with Crippen molar-refractivity contribution in [1.29, 1.82) is 0 Å². The molecule has 4 rings (SSSR count). The molecule has 0 spiro atoms. The summed E-state index contributed by atoms with van der Waals surface area (Å²) in [6.45, 7) is 13.8. The molecule has 0 N–H and O–H groups in total. The molecule has 152 valence electrons. The van der Waals surface area contributed by atoms with E-state index in [-0.39, 0.29) is 0 Å². The first-order valence-corrected chi connectivity index (χ1v) is 14.4. The van der Waals surface area contributed by atoms with Crippen LogP contribution >= 0.6 is 22.7 Å². The standard InChI is InChI=1S/C12H20O2SSi.C6H6O2S.C2H6/c1-4-16(5-2,6-3)12-11-10(9-15-12)13-7-8-14-11;1-2-8-6-4-9-3-5(6)7-1;1-2/h9H,4-8H2,1-3H3;3-4H,1-2H2;1-2H3. The van der Waals surface area contributed by atoms with Crippen LogP contribution in [0.3, 0.4) is 0 Å². The van der Waals surface area contributed by atoms with E-state index in [4.69, 9.17) is 18.9 Å². The topological polar surface area (TPSA) is 36.9 Å². The van der Waals surface area contributed by atoms with Gasteiger partial charge in [0.25, 0.3) is 0 Å². The molecule has 0 fully saturated rings. The minimum atomic E-state index is -1.31. The summed E-state index contributed by atoms with van der Waals surface area (Å²) in [5, 5.41) is 6.04. The van der Waals surface area contributed by atoms with Gasteiger partial charge in [0, 0.05) is 20.6 Å². The zero-order valence-corrected chi connectivity index (χ0v) is 19.8. The molecule has 0 unspecified atom stereocenters. The van der Waals surface area contributed by atoms with Gasteiger partial charge in [-0.3, -0.25) is 0 Å². The summed E-state index contributed by atoms with van der Waals surface area (Å²) in [6, 6.07) is 3.91. The Balaban J connectivity index is 0.000000200. The number of fused-ring (bicyclic) bond motifs is 2. The number of hydrogen-bond donors (Lipinski definition) is 0. The predicted molar refractivity (Wildman–Crippen MR) is 119 cm³/mol. The van der Waals surface area contributed by atoms with Crippen molar-refractivity contribution in [3.63, 3.8) is 0 Å². The highest BCUT2D eigenvalue weighted by Gasteiger charge is 2.36. The van der Waals surface area contributed by atoms with E-state index < -0.39 is 8.07 Å². The summed E-state index contributed by atoms with van der Waals surface area (Å²) in [4.78, 5) is 0. The van der Waals surface area contributed by atoms with Crippen LogP contribution in [0.5, 0.6) is 23.0 Å². The highest BCUT2D eigenvalue weighted by Crippen LogP contribution is 2.37. The van der Waals surface area contributed by atoms with Crippen molar-refractivity contribution in [2.45, 2.75) is 52.8 Å². The van der Waals surface area contributed by atoms with E-state index in [0.717, 1.165) is 23.0 Å². The Kier molecular flexibility index (Phi) is 8.99. The van der Waals surface area contributed by atoms with Crippen LogP contribution in [0.15, 0.2) is 16.1 Å². The maximum Gasteiger partial charge on any atom is 0.172 e. The molecule has 2 aromatic heterocycles. The largest absolute Gasteiger partial charge is 0.485 e. The lowest BCUT2D eigenvalue weighted by Gasteiger charge is -2.28. The lowest BCUT2D eigenvalue weighted by atomic mass is 10.5. The van der Waals surface area contributed by atoms with E-state index in [9.17, 15) is 0 Å². The van der Waals surface area contributed by atoms with Gasteiger partial charge >= 0.3 is 0 Å². The van der Waals surface area contributed by atoms with Crippen molar-refractivity contribution in [3.8, 4) is 23.0 Å². The zero-order chi connectivity index (χ0) is 19.7. The van der Waals surface area contributed by atoms with E-state index in [1.54, 1.807) is 11.3 Å². The molecule has 27 heavy (non-hydrogen) atoms. The Labute approximate surface area is 172 Å². The van der Waals surface area contributed by atoms with Gasteiger partial charge in [0.2, 0.25) is 0 Å². The van der Waals surface area contributed by atoms with E-state index in [1.807, 2.05) is 35.9 Å². The van der Waals surface area contributed by atoms with E-state index in [2.05, 4.69) is 26.2 Å². The van der Waals surface area contributed by atoms with Gasteiger partial charge in [-0.15, -0.1) is 22.7 Å². The molecule has 4 nitrogen and oxygen atoms in total. The summed E-state index contributed by atoms with van der Waals surface area (Å²) < 4.78 is 23.5. The molecule has 2 aromatic rings. The van der Waals surface area contributed by atoms with Gasteiger partial charge < -0.3 is 18.9 Å². The molecule has 0 bridgehead atoms. The molecule has 0 saturated carbocycles. The molecule has 0 atom stereocenters. The van der Waals surface area contributed by atoms with Gasteiger partial charge in [-0.05, 0) is 0 Å². The highest BCUT2D eigenvalue weighted by atomic mass is 32.1. The van der Waals surface area contributed by atoms with Gasteiger partial charge in [-0.25, -0.2) is 0 Å². The molecule has 0 radical (unpaired) electrons. The first-order valence-electron chi connectivity index (χ1n) is 9.93. The Morgan fingerprint density at radius 1 is 0.741 bits per heavy atom. The van der Waals surface area contributed by atoms with Crippen molar-refractivity contribution in [3.05, 3.63) is 16.1 Å². The lowest BCUT2D eigenvalue weighted by molar-refractivity contribution is 0.173. The molecule has 0 aliphatic carbocycles. The third-order valence-corrected chi connectivity index (χ3v) is 13.4. The summed E-state index contributed by atoms with van der Waals surface area (Å²) in [7, 11) is -1.31. The normalized spacial score (nSPS) is 14.4. The van der Waals surface area contributed by atoms with Gasteiger partial charge in [0.15, 0.2) is 23.0 Å². The van der Waals surface area contributed by atoms with Crippen LogP contribution in [0.25, 0.3) is 0 Å². The van der Waals surface area contributed by atoms with Gasteiger partial charge in [0.05, 0.1) is 0 Å². The van der Waals surface area contributed by atoms with Crippen LogP contribution in [0.4, 0.5) is 0 Å². The highest BCUT2D eigenvalue weighted by molar-refractivity contribution is 7.26. The van der Waals surface area contributed by atoms with Crippen molar-refractivity contribution >= 4 is 35.2 Å². The fourth-order valence-electron chi connectivity index (χ4n) is 3.25. The van der Waals surface area contributed by atoms with E-state index in [1.165, 1.54) is 22.6 Å². The zero-order valence-electron chi connectivity index (χ0n) is 17.1. The van der Waals surface area contributed by atoms with Crippen LogP contribution in [0.2, 0.25) is 18.1 Å². The SMILES string of the molecule is CC.CC[Si](CC)(CC)c1scc2c1OCCO2.c1scc2c1OCCO2. The average Bonchev–Trinajstić information content (AvgIpc) is 3.39. The van der Waals surface area contributed by atoms with Crippen molar-refractivity contribution < 1.29 is 18.9 Å². The smallest absolute Gasteiger partial charge is 0.172 e. The number of rotatable bonds is 4.